The van der Waals surface area contributed by atoms with Crippen LogP contribution in [0.25, 0.3) is 0 Å². The van der Waals surface area contributed by atoms with Gasteiger partial charge in [0, 0.05) is 23.7 Å². The summed E-state index contributed by atoms with van der Waals surface area (Å²) in [7, 11) is -1.87. The molecule has 0 radical (unpaired) electrons. The second-order valence-electron chi connectivity index (χ2n) is 8.65. The summed E-state index contributed by atoms with van der Waals surface area (Å²) < 4.78 is 0. The topological polar surface area (TPSA) is 58.2 Å². The van der Waals surface area contributed by atoms with Gasteiger partial charge in [-0.15, -0.1) is 0 Å². The number of rotatable bonds is 9. The minimum absolute atomic E-state index is 0.00420. The van der Waals surface area contributed by atoms with Crippen molar-refractivity contribution in [1.82, 2.24) is 0 Å². The van der Waals surface area contributed by atoms with Crippen molar-refractivity contribution in [3.05, 3.63) is 57.6 Å². The van der Waals surface area contributed by atoms with Crippen LogP contribution in [0, 0.1) is 27.7 Å². The highest BCUT2D eigenvalue weighted by Crippen LogP contribution is 2.63. The SMILES string of the molecule is CCC(C(=O)Nc1c(C)cc(Cl)cc1C)[P+](CC)(CC)CC(=O)Nc1c(C)cccc1C. The predicted molar refractivity (Wildman–Crippen MR) is 141 cm³/mol. The van der Waals surface area contributed by atoms with Crippen LogP contribution in [0.2, 0.25) is 5.02 Å². The van der Waals surface area contributed by atoms with E-state index in [9.17, 15) is 9.59 Å². The molecule has 0 saturated carbocycles. The van der Waals surface area contributed by atoms with Crippen LogP contribution in [-0.4, -0.2) is 36.0 Å². The summed E-state index contributed by atoms with van der Waals surface area (Å²) in [4.78, 5) is 26.7. The zero-order chi connectivity index (χ0) is 24.1. The molecule has 2 amide bonds. The molecule has 2 aromatic rings. The number of hydrogen-bond donors (Lipinski definition) is 2. The molecule has 2 rings (SSSR count). The largest absolute Gasteiger partial charge is 0.322 e. The molecular weight excluding hydrogens is 439 g/mol. The summed E-state index contributed by atoms with van der Waals surface area (Å²) in [5.41, 5.74) is 5.53. The Labute approximate surface area is 198 Å². The number of carbonyl (C=O) groups excluding carboxylic acids is 2. The minimum Gasteiger partial charge on any atom is -0.322 e. The normalized spacial score (nSPS) is 12.4. The molecule has 2 N–H and O–H groups in total. The Morgan fingerprint density at radius 3 is 1.84 bits per heavy atom. The van der Waals surface area contributed by atoms with E-state index in [0.29, 0.717) is 17.6 Å². The van der Waals surface area contributed by atoms with Gasteiger partial charge in [0.05, 0.1) is 12.3 Å². The fourth-order valence-electron chi connectivity index (χ4n) is 4.61. The maximum Gasteiger partial charge on any atom is 0.265 e. The maximum absolute atomic E-state index is 13.5. The molecule has 6 heteroatoms. The number of aryl methyl sites for hydroxylation is 4. The first-order chi connectivity index (χ1) is 15.1. The van der Waals surface area contributed by atoms with E-state index in [1.807, 2.05) is 58.0 Å². The number of hydrogen-bond acceptors (Lipinski definition) is 2. The smallest absolute Gasteiger partial charge is 0.265 e. The highest BCUT2D eigenvalue weighted by Gasteiger charge is 2.47. The van der Waals surface area contributed by atoms with E-state index >= 15 is 0 Å². The summed E-state index contributed by atoms with van der Waals surface area (Å²) in [5.74, 6) is 0.0162. The average molecular weight is 476 g/mol. The van der Waals surface area contributed by atoms with Crippen molar-refractivity contribution in [2.45, 2.75) is 60.5 Å². The van der Waals surface area contributed by atoms with Crippen molar-refractivity contribution < 1.29 is 9.59 Å². The summed E-state index contributed by atoms with van der Waals surface area (Å²) in [6.45, 7) is 14.2. The molecule has 0 aliphatic rings. The first-order valence-corrected chi connectivity index (χ1v) is 14.2. The van der Waals surface area contributed by atoms with Crippen LogP contribution in [0.15, 0.2) is 30.3 Å². The zero-order valence-electron chi connectivity index (χ0n) is 20.4. The lowest BCUT2D eigenvalue weighted by Crippen LogP contribution is -2.36. The van der Waals surface area contributed by atoms with Crippen molar-refractivity contribution >= 4 is 42.1 Å². The fraction of sp³-hybridized carbons (Fsp3) is 0.462. The van der Waals surface area contributed by atoms with Gasteiger partial charge in [-0.05, 0) is 82.3 Å². The molecule has 32 heavy (non-hydrogen) atoms. The van der Waals surface area contributed by atoms with E-state index in [1.54, 1.807) is 0 Å². The van der Waals surface area contributed by atoms with Crippen LogP contribution in [0.4, 0.5) is 11.4 Å². The Morgan fingerprint density at radius 2 is 1.38 bits per heavy atom. The number of nitrogens with one attached hydrogen (secondary N) is 2. The second-order valence-corrected chi connectivity index (χ2v) is 13.7. The van der Waals surface area contributed by atoms with E-state index in [4.69, 9.17) is 11.6 Å². The lowest BCUT2D eigenvalue weighted by molar-refractivity contribution is -0.115. The van der Waals surface area contributed by atoms with Crippen molar-refractivity contribution in [1.29, 1.82) is 0 Å². The van der Waals surface area contributed by atoms with Crippen LogP contribution < -0.4 is 10.6 Å². The summed E-state index contributed by atoms with van der Waals surface area (Å²) in [6, 6.07) is 9.73. The monoisotopic (exact) mass is 475 g/mol. The molecule has 0 saturated heterocycles. The lowest BCUT2D eigenvalue weighted by atomic mass is 10.1. The summed E-state index contributed by atoms with van der Waals surface area (Å²) >= 11 is 6.16. The van der Waals surface area contributed by atoms with Gasteiger partial charge in [0.2, 0.25) is 0 Å². The fourth-order valence-corrected chi connectivity index (χ4v) is 8.92. The number of para-hydroxylation sites is 1. The highest BCUT2D eigenvalue weighted by molar-refractivity contribution is 7.78. The van der Waals surface area contributed by atoms with Gasteiger partial charge in [0.25, 0.3) is 11.8 Å². The Hall–Kier alpha value is -1.90. The van der Waals surface area contributed by atoms with Crippen LogP contribution in [-0.2, 0) is 9.59 Å². The van der Waals surface area contributed by atoms with Crippen molar-refractivity contribution in [2.24, 2.45) is 0 Å². The average Bonchev–Trinajstić information content (AvgIpc) is 2.73. The number of amides is 2. The Morgan fingerprint density at radius 1 is 0.875 bits per heavy atom. The molecular formula is C26H37ClN2O2P+. The van der Waals surface area contributed by atoms with Gasteiger partial charge in [-0.3, -0.25) is 9.59 Å². The van der Waals surface area contributed by atoms with Crippen LogP contribution in [0.1, 0.15) is 49.4 Å². The third-order valence-electron chi connectivity index (χ3n) is 6.56. The Balaban J connectivity index is 2.29. The quantitative estimate of drug-likeness (QED) is 0.384. The molecule has 0 aromatic heterocycles. The third kappa shape index (κ3) is 5.91. The van der Waals surface area contributed by atoms with Gasteiger partial charge in [-0.1, -0.05) is 36.7 Å². The standard InChI is InChI=1S/C26H36ClN2O2P/c1-8-22(26(31)29-25-19(6)14-21(27)15-20(25)7)32(9-2,10-3)16-23(30)28-24-17(4)12-11-13-18(24)5/h11-15,22H,8-10,16H2,1-7H3,(H-,28,29,30,31)/p+1. The second kappa shape index (κ2) is 11.3. The highest BCUT2D eigenvalue weighted by atomic mass is 35.5. The summed E-state index contributed by atoms with van der Waals surface area (Å²) in [5, 5.41) is 6.97. The van der Waals surface area contributed by atoms with Crippen molar-refractivity contribution in [3.63, 3.8) is 0 Å². The molecule has 1 unspecified atom stereocenters. The molecule has 0 spiro atoms. The Kier molecular flexibility index (Phi) is 9.30. The van der Waals surface area contributed by atoms with Gasteiger partial charge < -0.3 is 10.6 Å². The summed E-state index contributed by atoms with van der Waals surface area (Å²) in [6.07, 6.45) is 2.84. The van der Waals surface area contributed by atoms with E-state index in [1.165, 1.54) is 0 Å². The molecule has 2 aromatic carbocycles. The first-order valence-electron chi connectivity index (χ1n) is 11.4. The zero-order valence-corrected chi connectivity index (χ0v) is 22.1. The molecule has 0 aliphatic heterocycles. The Bertz CT molecular complexity index is 943. The van der Waals surface area contributed by atoms with Crippen molar-refractivity contribution in [3.8, 4) is 0 Å². The number of carbonyl (C=O) groups is 2. The van der Waals surface area contributed by atoms with E-state index in [2.05, 4.69) is 31.4 Å². The number of halogens is 1. The molecule has 1 atom stereocenters. The molecule has 0 bridgehead atoms. The maximum atomic E-state index is 13.5. The predicted octanol–water partition coefficient (Wildman–Crippen LogP) is 6.99. The van der Waals surface area contributed by atoms with Crippen LogP contribution in [0.5, 0.6) is 0 Å². The van der Waals surface area contributed by atoms with Gasteiger partial charge in [-0.2, -0.15) is 0 Å². The minimum atomic E-state index is -1.87. The number of anilines is 2. The molecule has 0 aliphatic carbocycles. The van der Waals surface area contributed by atoms with E-state index < -0.39 is 7.26 Å². The van der Waals surface area contributed by atoms with Crippen LogP contribution >= 0.6 is 18.9 Å². The first kappa shape index (κ1) is 26.4. The van der Waals surface area contributed by atoms with E-state index in [0.717, 1.165) is 46.0 Å². The molecule has 0 heterocycles. The van der Waals surface area contributed by atoms with Gasteiger partial charge >= 0.3 is 0 Å². The van der Waals surface area contributed by atoms with Gasteiger partial charge in [0.1, 0.15) is 11.8 Å². The lowest BCUT2D eigenvalue weighted by Gasteiger charge is -2.32. The number of benzene rings is 2. The third-order valence-corrected chi connectivity index (χ3v) is 12.1. The van der Waals surface area contributed by atoms with Crippen molar-refractivity contribution in [2.75, 3.05) is 29.1 Å². The molecule has 174 valence electrons. The molecule has 0 fully saturated rings. The van der Waals surface area contributed by atoms with Crippen LogP contribution in [0.3, 0.4) is 0 Å². The van der Waals surface area contributed by atoms with E-state index in [-0.39, 0.29) is 17.5 Å². The van der Waals surface area contributed by atoms with Gasteiger partial charge in [-0.25, -0.2) is 0 Å². The van der Waals surface area contributed by atoms with Gasteiger partial charge in [0.15, 0.2) is 0 Å². The molecule has 4 nitrogen and oxygen atoms in total.